The van der Waals surface area contributed by atoms with Crippen LogP contribution in [0.5, 0.6) is 5.75 Å². The Morgan fingerprint density at radius 2 is 1.90 bits per heavy atom. The van der Waals surface area contributed by atoms with Crippen molar-refractivity contribution in [2.75, 3.05) is 0 Å². The van der Waals surface area contributed by atoms with E-state index in [4.69, 9.17) is 4.42 Å². The van der Waals surface area contributed by atoms with Gasteiger partial charge in [-0.15, -0.1) is 0 Å². The minimum absolute atomic E-state index is 0.0127. The number of halogens is 1. The monoisotopic (exact) mass is 270 g/mol. The van der Waals surface area contributed by atoms with Gasteiger partial charge in [0.25, 0.3) is 0 Å². The van der Waals surface area contributed by atoms with Gasteiger partial charge in [-0.25, -0.2) is 4.39 Å². The van der Waals surface area contributed by atoms with Crippen LogP contribution in [0.4, 0.5) is 4.39 Å². The van der Waals surface area contributed by atoms with Gasteiger partial charge in [0, 0.05) is 11.6 Å². The van der Waals surface area contributed by atoms with E-state index in [1.807, 2.05) is 0 Å². The second-order valence-electron chi connectivity index (χ2n) is 4.52. The fourth-order valence-electron chi connectivity index (χ4n) is 2.27. The fourth-order valence-corrected chi connectivity index (χ4v) is 2.27. The van der Waals surface area contributed by atoms with Gasteiger partial charge >= 0.3 is 0 Å². The quantitative estimate of drug-likeness (QED) is 0.734. The van der Waals surface area contributed by atoms with Gasteiger partial charge < -0.3 is 9.52 Å². The summed E-state index contributed by atoms with van der Waals surface area (Å²) in [6.45, 7) is 1.60. The summed E-state index contributed by atoms with van der Waals surface area (Å²) < 4.78 is 19.4. The van der Waals surface area contributed by atoms with Crippen LogP contribution in [0.2, 0.25) is 0 Å². The van der Waals surface area contributed by atoms with Crippen LogP contribution in [0.25, 0.3) is 22.1 Å². The molecule has 20 heavy (non-hydrogen) atoms. The molecule has 1 heterocycles. The highest BCUT2D eigenvalue weighted by Crippen LogP contribution is 2.27. The summed E-state index contributed by atoms with van der Waals surface area (Å²) in [6, 6.07) is 10.3. The highest BCUT2D eigenvalue weighted by atomic mass is 19.1. The van der Waals surface area contributed by atoms with E-state index in [2.05, 4.69) is 0 Å². The predicted octanol–water partition coefficient (Wildman–Crippen LogP) is 3.61. The Bertz CT molecular complexity index is 865. The van der Waals surface area contributed by atoms with Crippen LogP contribution in [0.3, 0.4) is 0 Å². The molecule has 1 N–H and O–H groups in total. The molecule has 0 aliphatic rings. The summed E-state index contributed by atoms with van der Waals surface area (Å²) in [5.41, 5.74) is 0.399. The molecule has 0 aliphatic heterocycles. The highest BCUT2D eigenvalue weighted by Gasteiger charge is 2.16. The number of hydrogen-bond acceptors (Lipinski definition) is 3. The van der Waals surface area contributed by atoms with Crippen LogP contribution in [-0.2, 0) is 0 Å². The topological polar surface area (TPSA) is 50.4 Å². The number of aromatic hydroxyl groups is 1. The van der Waals surface area contributed by atoms with Gasteiger partial charge in [-0.3, -0.25) is 4.79 Å². The minimum atomic E-state index is -0.471. The van der Waals surface area contributed by atoms with Crippen molar-refractivity contribution in [2.24, 2.45) is 0 Å². The van der Waals surface area contributed by atoms with Gasteiger partial charge in [-0.05, 0) is 25.1 Å². The molecule has 3 nitrogen and oxygen atoms in total. The Labute approximate surface area is 113 Å². The molecule has 0 amide bonds. The van der Waals surface area contributed by atoms with Crippen LogP contribution < -0.4 is 5.43 Å². The van der Waals surface area contributed by atoms with Crippen LogP contribution in [-0.4, -0.2) is 5.11 Å². The van der Waals surface area contributed by atoms with Crippen LogP contribution in [0, 0.1) is 12.7 Å². The first-order chi connectivity index (χ1) is 9.58. The minimum Gasteiger partial charge on any atom is -0.508 e. The number of phenolic OH excluding ortho intramolecular Hbond substituents is 1. The molecule has 0 unspecified atom stereocenters. The molecule has 0 aliphatic carbocycles. The van der Waals surface area contributed by atoms with Crippen molar-refractivity contribution in [1.82, 2.24) is 0 Å². The molecule has 100 valence electrons. The molecule has 3 aromatic rings. The summed E-state index contributed by atoms with van der Waals surface area (Å²) in [6.07, 6.45) is 0. The molecule has 0 bridgehead atoms. The molecule has 0 saturated carbocycles. The summed E-state index contributed by atoms with van der Waals surface area (Å²) in [5, 5.41) is 9.73. The lowest BCUT2D eigenvalue weighted by atomic mass is 10.0. The normalized spacial score (nSPS) is 10.9. The largest absolute Gasteiger partial charge is 0.508 e. The second kappa shape index (κ2) is 4.49. The molecular weight excluding hydrogens is 259 g/mol. The third-order valence-corrected chi connectivity index (χ3v) is 3.20. The first-order valence-corrected chi connectivity index (χ1v) is 6.09. The van der Waals surface area contributed by atoms with Crippen molar-refractivity contribution >= 4 is 11.0 Å². The molecule has 0 radical (unpaired) electrons. The molecular formula is C16H11FO3. The summed E-state index contributed by atoms with van der Waals surface area (Å²) in [4.78, 5) is 12.5. The van der Waals surface area contributed by atoms with Gasteiger partial charge in [0.1, 0.15) is 22.9 Å². The number of hydrogen-bond donors (Lipinski definition) is 1. The summed E-state index contributed by atoms with van der Waals surface area (Å²) >= 11 is 0. The lowest BCUT2D eigenvalue weighted by Gasteiger charge is -2.08. The molecule has 3 rings (SSSR count). The fraction of sp³-hybridized carbons (Fsp3) is 0.0625. The number of aryl methyl sites for hydroxylation is 1. The summed E-state index contributed by atoms with van der Waals surface area (Å²) in [5.74, 6) is -0.141. The molecule has 0 fully saturated rings. The van der Waals surface area contributed by atoms with Gasteiger partial charge in [0.2, 0.25) is 5.43 Å². The van der Waals surface area contributed by atoms with Crippen LogP contribution >= 0.6 is 0 Å². The maximum Gasteiger partial charge on any atom is 0.200 e. The standard InChI is InChI=1S/C16H11FO3/c1-9-15(11-4-2-3-5-13(11)17)16(19)12-7-6-10(18)8-14(12)20-9/h2-8,18H,1H3. The second-order valence-corrected chi connectivity index (χ2v) is 4.52. The first kappa shape index (κ1) is 12.4. The Balaban J connectivity index is 2.41. The van der Waals surface area contributed by atoms with Crippen molar-refractivity contribution in [1.29, 1.82) is 0 Å². The first-order valence-electron chi connectivity index (χ1n) is 6.09. The predicted molar refractivity (Wildman–Crippen MR) is 74.3 cm³/mol. The van der Waals surface area contributed by atoms with Gasteiger partial charge in [0.15, 0.2) is 0 Å². The Hall–Kier alpha value is -2.62. The zero-order valence-corrected chi connectivity index (χ0v) is 10.7. The average Bonchev–Trinajstić information content (AvgIpc) is 2.40. The Morgan fingerprint density at radius 1 is 1.15 bits per heavy atom. The summed E-state index contributed by atoms with van der Waals surface area (Å²) in [7, 11) is 0. The highest BCUT2D eigenvalue weighted by molar-refractivity contribution is 5.83. The number of rotatable bonds is 1. The van der Waals surface area contributed by atoms with Crippen LogP contribution in [0.15, 0.2) is 51.7 Å². The third kappa shape index (κ3) is 1.86. The zero-order valence-electron chi connectivity index (χ0n) is 10.7. The van der Waals surface area contributed by atoms with Crippen molar-refractivity contribution < 1.29 is 13.9 Å². The van der Waals surface area contributed by atoms with Gasteiger partial charge in [-0.1, -0.05) is 18.2 Å². The van der Waals surface area contributed by atoms with E-state index in [1.165, 1.54) is 24.3 Å². The van der Waals surface area contributed by atoms with E-state index >= 15 is 0 Å². The maximum absolute atomic E-state index is 13.9. The smallest absolute Gasteiger partial charge is 0.200 e. The van der Waals surface area contributed by atoms with E-state index in [9.17, 15) is 14.3 Å². The van der Waals surface area contributed by atoms with Crippen LogP contribution in [0.1, 0.15) is 5.76 Å². The van der Waals surface area contributed by atoms with Crippen molar-refractivity contribution in [3.8, 4) is 16.9 Å². The lowest BCUT2D eigenvalue weighted by Crippen LogP contribution is -2.08. The average molecular weight is 270 g/mol. The van der Waals surface area contributed by atoms with E-state index in [0.717, 1.165) is 0 Å². The SMILES string of the molecule is Cc1oc2cc(O)ccc2c(=O)c1-c1ccccc1F. The lowest BCUT2D eigenvalue weighted by molar-refractivity contribution is 0.473. The van der Waals surface area contributed by atoms with Gasteiger partial charge in [-0.2, -0.15) is 0 Å². The molecule has 0 saturated heterocycles. The Kier molecular flexibility index (Phi) is 2.79. The molecule has 4 heteroatoms. The van der Waals surface area contributed by atoms with Crippen molar-refractivity contribution in [3.63, 3.8) is 0 Å². The van der Waals surface area contributed by atoms with Gasteiger partial charge in [0.05, 0.1) is 10.9 Å². The molecule has 2 aromatic carbocycles. The van der Waals surface area contributed by atoms with E-state index in [-0.39, 0.29) is 27.9 Å². The maximum atomic E-state index is 13.9. The molecule has 0 spiro atoms. The number of fused-ring (bicyclic) bond motifs is 1. The van der Waals surface area contributed by atoms with Crippen molar-refractivity contribution in [3.05, 3.63) is 64.3 Å². The number of benzene rings is 2. The molecule has 0 atom stereocenters. The third-order valence-electron chi connectivity index (χ3n) is 3.20. The zero-order chi connectivity index (χ0) is 14.3. The van der Waals surface area contributed by atoms with E-state index in [0.29, 0.717) is 11.1 Å². The Morgan fingerprint density at radius 3 is 2.65 bits per heavy atom. The molecule has 1 aromatic heterocycles. The van der Waals surface area contributed by atoms with E-state index in [1.54, 1.807) is 25.1 Å². The van der Waals surface area contributed by atoms with E-state index < -0.39 is 5.82 Å². The number of phenols is 1. The van der Waals surface area contributed by atoms with Crippen molar-refractivity contribution in [2.45, 2.75) is 6.92 Å².